The highest BCUT2D eigenvalue weighted by molar-refractivity contribution is 5.86. The van der Waals surface area contributed by atoms with Crippen molar-refractivity contribution in [3.8, 4) is 0 Å². The second-order valence-electron chi connectivity index (χ2n) is 1.92. The molecule has 0 aliphatic rings. The van der Waals surface area contributed by atoms with E-state index in [9.17, 15) is 9.59 Å². The number of alkyl carbamates (subject to hydrolysis) is 1. The second kappa shape index (κ2) is 5.52. The van der Waals surface area contributed by atoms with Crippen LogP contribution in [0.5, 0.6) is 0 Å². The number of ether oxygens (including phenoxy) is 1. The lowest BCUT2D eigenvalue weighted by Gasteiger charge is -2.01. The summed E-state index contributed by atoms with van der Waals surface area (Å²) in [5.74, 6) is 0. The highest BCUT2D eigenvalue weighted by Gasteiger charge is 2.04. The number of amides is 2. The Labute approximate surface area is 64.3 Å². The van der Waals surface area contributed by atoms with E-state index in [1.165, 1.54) is 0 Å². The van der Waals surface area contributed by atoms with E-state index in [0.29, 0.717) is 0 Å². The fourth-order valence-electron chi connectivity index (χ4n) is 0.433. The number of carbonyl (C=O) groups excluding carboxylic acids is 1. The summed E-state index contributed by atoms with van der Waals surface area (Å²) in [6.45, 7) is 2.20. The number of carbonyl (C=O) groups is 2. The summed E-state index contributed by atoms with van der Waals surface area (Å²) in [6, 6.07) is 0. The van der Waals surface area contributed by atoms with Gasteiger partial charge in [0, 0.05) is 0 Å². The van der Waals surface area contributed by atoms with E-state index >= 15 is 0 Å². The predicted molar refractivity (Wildman–Crippen MR) is 37.4 cm³/mol. The molecule has 0 unspecified atom stereocenters. The topological polar surface area (TPSA) is 75.6 Å². The van der Waals surface area contributed by atoms with E-state index in [-0.39, 0.29) is 6.61 Å². The Hall–Kier alpha value is -1.26. The molecule has 0 aromatic rings. The maximum Gasteiger partial charge on any atom is 0.416 e. The van der Waals surface area contributed by atoms with Crippen LogP contribution in [0.2, 0.25) is 0 Å². The Morgan fingerprint density at radius 1 is 1.55 bits per heavy atom. The van der Waals surface area contributed by atoms with E-state index in [0.717, 1.165) is 12.8 Å². The molecule has 0 aromatic carbocycles. The first-order valence-electron chi connectivity index (χ1n) is 3.33. The normalized spacial score (nSPS) is 8.82. The molecule has 0 heterocycles. The van der Waals surface area contributed by atoms with Crippen LogP contribution in [-0.4, -0.2) is 23.9 Å². The maximum absolute atomic E-state index is 10.4. The summed E-state index contributed by atoms with van der Waals surface area (Å²) in [5.41, 5.74) is 0. The van der Waals surface area contributed by atoms with E-state index in [2.05, 4.69) is 4.74 Å². The summed E-state index contributed by atoms with van der Waals surface area (Å²) >= 11 is 0. The summed E-state index contributed by atoms with van der Waals surface area (Å²) in [7, 11) is 0. The molecule has 0 spiro atoms. The van der Waals surface area contributed by atoms with Crippen LogP contribution in [0.15, 0.2) is 0 Å². The maximum atomic E-state index is 10.4. The van der Waals surface area contributed by atoms with E-state index in [1.54, 1.807) is 5.32 Å². The van der Waals surface area contributed by atoms with Crippen LogP contribution in [-0.2, 0) is 4.74 Å². The molecule has 5 heteroatoms. The zero-order valence-corrected chi connectivity index (χ0v) is 6.29. The fourth-order valence-corrected chi connectivity index (χ4v) is 0.433. The number of hydrogen-bond donors (Lipinski definition) is 2. The Bertz CT molecular complexity index is 146. The van der Waals surface area contributed by atoms with Gasteiger partial charge in [-0.2, -0.15) is 0 Å². The third-order valence-electron chi connectivity index (χ3n) is 0.940. The van der Waals surface area contributed by atoms with Gasteiger partial charge in [-0.05, 0) is 6.42 Å². The van der Waals surface area contributed by atoms with Gasteiger partial charge in [0.05, 0.1) is 6.61 Å². The molecule has 2 amide bonds. The monoisotopic (exact) mass is 161 g/mol. The molecule has 0 aliphatic carbocycles. The van der Waals surface area contributed by atoms with Crippen LogP contribution in [0.4, 0.5) is 9.59 Å². The molecule has 0 saturated carbocycles. The van der Waals surface area contributed by atoms with Crippen LogP contribution in [0.25, 0.3) is 0 Å². The minimum absolute atomic E-state index is 0.260. The molecule has 11 heavy (non-hydrogen) atoms. The van der Waals surface area contributed by atoms with Crippen molar-refractivity contribution in [1.29, 1.82) is 0 Å². The molecule has 0 fully saturated rings. The van der Waals surface area contributed by atoms with Crippen molar-refractivity contribution in [2.75, 3.05) is 6.61 Å². The summed E-state index contributed by atoms with van der Waals surface area (Å²) in [5, 5.41) is 9.59. The van der Waals surface area contributed by atoms with Gasteiger partial charge in [-0.1, -0.05) is 13.3 Å². The number of nitrogens with one attached hydrogen (secondary N) is 1. The Balaban J connectivity index is 3.30. The lowest BCUT2D eigenvalue weighted by atomic mass is 10.4. The first kappa shape index (κ1) is 9.74. The number of hydrogen-bond acceptors (Lipinski definition) is 3. The number of imide groups is 1. The number of rotatable bonds is 3. The molecule has 0 atom stereocenters. The SMILES string of the molecule is CCCCOC(=O)NC(=O)O. The lowest BCUT2D eigenvalue weighted by molar-refractivity contribution is 0.139. The van der Waals surface area contributed by atoms with Gasteiger partial charge >= 0.3 is 12.2 Å². The highest BCUT2D eigenvalue weighted by Crippen LogP contribution is 1.87. The molecule has 0 rings (SSSR count). The Kier molecular flexibility index (Phi) is 4.89. The van der Waals surface area contributed by atoms with Gasteiger partial charge in [0.25, 0.3) is 0 Å². The van der Waals surface area contributed by atoms with Crippen LogP contribution in [0.3, 0.4) is 0 Å². The molecule has 0 radical (unpaired) electrons. The van der Waals surface area contributed by atoms with Crippen LogP contribution in [0.1, 0.15) is 19.8 Å². The van der Waals surface area contributed by atoms with Gasteiger partial charge in [-0.3, -0.25) is 0 Å². The van der Waals surface area contributed by atoms with Crippen molar-refractivity contribution in [1.82, 2.24) is 5.32 Å². The predicted octanol–water partition coefficient (Wildman–Crippen LogP) is 1.19. The van der Waals surface area contributed by atoms with Gasteiger partial charge in [0.15, 0.2) is 0 Å². The molecule has 5 nitrogen and oxygen atoms in total. The zero-order valence-electron chi connectivity index (χ0n) is 6.29. The van der Waals surface area contributed by atoms with E-state index < -0.39 is 12.2 Å². The largest absolute Gasteiger partial charge is 0.465 e. The van der Waals surface area contributed by atoms with Crippen molar-refractivity contribution >= 4 is 12.2 Å². The van der Waals surface area contributed by atoms with Crippen LogP contribution >= 0.6 is 0 Å². The standard InChI is InChI=1S/C6H11NO4/c1-2-3-4-11-6(10)7-5(8)9/h2-4H2,1H3,(H,7,10)(H,8,9). The molecular formula is C6H11NO4. The van der Waals surface area contributed by atoms with Crippen molar-refractivity contribution in [2.24, 2.45) is 0 Å². The Morgan fingerprint density at radius 2 is 2.18 bits per heavy atom. The number of unbranched alkanes of at least 4 members (excludes halogenated alkanes) is 1. The average Bonchev–Trinajstić information content (AvgIpc) is 1.86. The first-order valence-corrected chi connectivity index (χ1v) is 3.33. The quantitative estimate of drug-likeness (QED) is 0.609. The van der Waals surface area contributed by atoms with E-state index in [1.807, 2.05) is 6.92 Å². The number of carboxylic acid groups (broad SMARTS) is 1. The first-order chi connectivity index (χ1) is 5.16. The van der Waals surface area contributed by atoms with Crippen LogP contribution < -0.4 is 5.32 Å². The minimum atomic E-state index is -1.40. The molecular weight excluding hydrogens is 150 g/mol. The van der Waals surface area contributed by atoms with Crippen molar-refractivity contribution in [3.05, 3.63) is 0 Å². The average molecular weight is 161 g/mol. The molecule has 2 N–H and O–H groups in total. The zero-order chi connectivity index (χ0) is 8.69. The highest BCUT2D eigenvalue weighted by atomic mass is 16.6. The van der Waals surface area contributed by atoms with Crippen molar-refractivity contribution in [2.45, 2.75) is 19.8 Å². The fraction of sp³-hybridized carbons (Fsp3) is 0.667. The van der Waals surface area contributed by atoms with Gasteiger partial charge in [-0.25, -0.2) is 14.9 Å². The molecule has 0 bridgehead atoms. The molecule has 0 aromatic heterocycles. The van der Waals surface area contributed by atoms with Crippen molar-refractivity contribution < 1.29 is 19.4 Å². The van der Waals surface area contributed by atoms with Gasteiger partial charge in [0.1, 0.15) is 0 Å². The molecule has 0 aliphatic heterocycles. The second-order valence-corrected chi connectivity index (χ2v) is 1.92. The summed E-state index contributed by atoms with van der Waals surface area (Å²) < 4.78 is 4.46. The molecule has 0 saturated heterocycles. The van der Waals surface area contributed by atoms with Gasteiger partial charge in [-0.15, -0.1) is 0 Å². The molecule has 64 valence electrons. The Morgan fingerprint density at radius 3 is 2.64 bits per heavy atom. The van der Waals surface area contributed by atoms with Gasteiger partial charge in [0.2, 0.25) is 0 Å². The smallest absolute Gasteiger partial charge is 0.416 e. The lowest BCUT2D eigenvalue weighted by Crippen LogP contribution is -2.29. The summed E-state index contributed by atoms with van der Waals surface area (Å²) in [4.78, 5) is 20.2. The third kappa shape index (κ3) is 6.63. The van der Waals surface area contributed by atoms with Gasteiger partial charge < -0.3 is 9.84 Å². The third-order valence-corrected chi connectivity index (χ3v) is 0.940. The van der Waals surface area contributed by atoms with Crippen LogP contribution in [0, 0.1) is 0 Å². The summed E-state index contributed by atoms with van der Waals surface area (Å²) in [6.07, 6.45) is -0.662. The minimum Gasteiger partial charge on any atom is -0.465 e. The van der Waals surface area contributed by atoms with Crippen molar-refractivity contribution in [3.63, 3.8) is 0 Å². The van der Waals surface area contributed by atoms with E-state index in [4.69, 9.17) is 5.11 Å².